The first-order chi connectivity index (χ1) is 16.9. The van der Waals surface area contributed by atoms with Crippen LogP contribution in [0.3, 0.4) is 0 Å². The summed E-state index contributed by atoms with van der Waals surface area (Å²) in [5.41, 5.74) is 3.81. The standard InChI is InChI=1S/C26H22ClN3O5/c1-30-10-9-16-11-21-25(35-14-34-21)24(33-2)19(16)12-20(30)23(31)15-3-6-18(7-4-15)29-26(32)17-5-8-22(27)28-13-17/h3-8,11-13H,9-10,14H2,1-2H3,(H,29,32). The lowest BCUT2D eigenvalue weighted by Crippen LogP contribution is -2.24. The molecule has 178 valence electrons. The van der Waals surface area contributed by atoms with Crippen molar-refractivity contribution in [2.75, 3.05) is 32.8 Å². The van der Waals surface area contributed by atoms with E-state index in [9.17, 15) is 9.59 Å². The first-order valence-electron chi connectivity index (χ1n) is 10.9. The van der Waals surface area contributed by atoms with Crippen molar-refractivity contribution in [3.63, 3.8) is 0 Å². The molecular formula is C26H22ClN3O5. The minimum absolute atomic E-state index is 0.139. The number of ketones is 1. The smallest absolute Gasteiger partial charge is 0.257 e. The average molecular weight is 492 g/mol. The number of likely N-dealkylation sites (N-methyl/N-ethyl adjacent to an activating group) is 1. The number of nitrogens with one attached hydrogen (secondary N) is 1. The Hall–Kier alpha value is -4.04. The second-order valence-electron chi connectivity index (χ2n) is 8.15. The van der Waals surface area contributed by atoms with Crippen molar-refractivity contribution in [1.82, 2.24) is 9.88 Å². The summed E-state index contributed by atoms with van der Waals surface area (Å²) >= 11 is 5.78. The first kappa shape index (κ1) is 22.7. The molecule has 3 heterocycles. The SMILES string of the molecule is COc1c2c(cc3c1OCO3)CCN(C)C(C(=O)c1ccc(NC(=O)c3ccc(Cl)nc3)cc1)=C2. The number of pyridine rings is 1. The lowest BCUT2D eigenvalue weighted by molar-refractivity contribution is 0.0999. The Morgan fingerprint density at radius 3 is 2.60 bits per heavy atom. The number of ether oxygens (including phenoxy) is 3. The lowest BCUT2D eigenvalue weighted by Gasteiger charge is -2.20. The molecule has 3 aromatic rings. The Bertz CT molecular complexity index is 1340. The molecule has 5 rings (SSSR count). The van der Waals surface area contributed by atoms with Gasteiger partial charge in [-0.3, -0.25) is 9.59 Å². The van der Waals surface area contributed by atoms with Crippen LogP contribution in [0.5, 0.6) is 17.2 Å². The van der Waals surface area contributed by atoms with Gasteiger partial charge in [0, 0.05) is 36.6 Å². The molecule has 2 aliphatic rings. The molecule has 1 N–H and O–H groups in total. The highest BCUT2D eigenvalue weighted by molar-refractivity contribution is 6.29. The molecular weight excluding hydrogens is 470 g/mol. The van der Waals surface area contributed by atoms with E-state index in [4.69, 9.17) is 25.8 Å². The average Bonchev–Trinajstić information content (AvgIpc) is 3.27. The summed E-state index contributed by atoms with van der Waals surface area (Å²) < 4.78 is 16.8. The number of benzene rings is 2. The van der Waals surface area contributed by atoms with Crippen LogP contribution in [0.1, 0.15) is 31.8 Å². The van der Waals surface area contributed by atoms with Crippen LogP contribution in [0.2, 0.25) is 5.15 Å². The van der Waals surface area contributed by atoms with E-state index in [0.29, 0.717) is 51.5 Å². The Morgan fingerprint density at radius 1 is 1.11 bits per heavy atom. The molecule has 9 heteroatoms. The second kappa shape index (κ2) is 9.31. The zero-order valence-electron chi connectivity index (χ0n) is 19.1. The summed E-state index contributed by atoms with van der Waals surface area (Å²) in [7, 11) is 3.46. The zero-order chi connectivity index (χ0) is 24.5. The molecule has 0 spiro atoms. The Kier molecular flexibility index (Phi) is 6.05. The summed E-state index contributed by atoms with van der Waals surface area (Å²) in [6, 6.07) is 11.9. The summed E-state index contributed by atoms with van der Waals surface area (Å²) in [5.74, 6) is 1.31. The number of amides is 1. The number of Topliss-reactive ketones (excluding diaryl/α,β-unsaturated/α-hetero) is 1. The van der Waals surface area contributed by atoms with Crippen molar-refractivity contribution >= 4 is 35.1 Å². The molecule has 0 unspecified atom stereocenters. The Labute approximate surface area is 207 Å². The van der Waals surface area contributed by atoms with Crippen LogP contribution in [0.15, 0.2) is 54.4 Å². The monoisotopic (exact) mass is 491 g/mol. The predicted molar refractivity (Wildman–Crippen MR) is 131 cm³/mol. The number of fused-ring (bicyclic) bond motifs is 2. The van der Waals surface area contributed by atoms with Gasteiger partial charge in [-0.2, -0.15) is 0 Å². The fraction of sp³-hybridized carbons (Fsp3) is 0.192. The number of nitrogens with zero attached hydrogens (tertiary/aromatic N) is 2. The molecule has 1 amide bonds. The zero-order valence-corrected chi connectivity index (χ0v) is 19.9. The van der Waals surface area contributed by atoms with Gasteiger partial charge in [-0.1, -0.05) is 11.6 Å². The maximum absolute atomic E-state index is 13.5. The molecule has 0 saturated carbocycles. The number of hydrogen-bond donors (Lipinski definition) is 1. The third-order valence-electron chi connectivity index (χ3n) is 5.98. The van der Waals surface area contributed by atoms with E-state index < -0.39 is 0 Å². The van der Waals surface area contributed by atoms with E-state index in [0.717, 1.165) is 17.5 Å². The van der Waals surface area contributed by atoms with Crippen molar-refractivity contribution in [2.24, 2.45) is 0 Å². The quantitative estimate of drug-likeness (QED) is 0.417. The molecule has 0 aliphatic carbocycles. The van der Waals surface area contributed by atoms with E-state index >= 15 is 0 Å². The maximum atomic E-state index is 13.5. The molecule has 0 radical (unpaired) electrons. The van der Waals surface area contributed by atoms with Crippen LogP contribution in [0, 0.1) is 0 Å². The second-order valence-corrected chi connectivity index (χ2v) is 8.53. The highest BCUT2D eigenvalue weighted by atomic mass is 35.5. The summed E-state index contributed by atoms with van der Waals surface area (Å²) in [5, 5.41) is 3.11. The van der Waals surface area contributed by atoms with E-state index in [-0.39, 0.29) is 18.5 Å². The van der Waals surface area contributed by atoms with Crippen molar-refractivity contribution in [1.29, 1.82) is 0 Å². The maximum Gasteiger partial charge on any atom is 0.257 e. The number of hydrogen-bond acceptors (Lipinski definition) is 7. The van der Waals surface area contributed by atoms with Gasteiger partial charge in [-0.15, -0.1) is 0 Å². The fourth-order valence-corrected chi connectivity index (χ4v) is 4.22. The Balaban J connectivity index is 1.40. The summed E-state index contributed by atoms with van der Waals surface area (Å²) in [4.78, 5) is 31.7. The highest BCUT2D eigenvalue weighted by Gasteiger charge is 2.28. The van der Waals surface area contributed by atoms with Crippen LogP contribution in [-0.4, -0.2) is 49.1 Å². The number of carbonyl (C=O) groups is 2. The molecule has 1 aromatic heterocycles. The Morgan fingerprint density at radius 2 is 1.89 bits per heavy atom. The van der Waals surface area contributed by atoms with Gasteiger partial charge in [-0.05, 0) is 60.5 Å². The van der Waals surface area contributed by atoms with Gasteiger partial charge < -0.3 is 24.4 Å². The van der Waals surface area contributed by atoms with Gasteiger partial charge in [-0.25, -0.2) is 4.98 Å². The number of rotatable bonds is 5. The minimum Gasteiger partial charge on any atom is -0.492 e. The topological polar surface area (TPSA) is 90.0 Å². The predicted octanol–water partition coefficient (Wildman–Crippen LogP) is 4.44. The van der Waals surface area contributed by atoms with Gasteiger partial charge in [0.25, 0.3) is 5.91 Å². The largest absolute Gasteiger partial charge is 0.492 e. The van der Waals surface area contributed by atoms with Crippen LogP contribution >= 0.6 is 11.6 Å². The van der Waals surface area contributed by atoms with Crippen LogP contribution < -0.4 is 19.5 Å². The number of allylic oxidation sites excluding steroid dienone is 1. The highest BCUT2D eigenvalue weighted by Crippen LogP contribution is 2.46. The number of methoxy groups -OCH3 is 1. The van der Waals surface area contributed by atoms with Gasteiger partial charge in [0.15, 0.2) is 11.5 Å². The van der Waals surface area contributed by atoms with Crippen molar-refractivity contribution in [2.45, 2.75) is 6.42 Å². The molecule has 35 heavy (non-hydrogen) atoms. The minimum atomic E-state index is -0.318. The fourth-order valence-electron chi connectivity index (χ4n) is 4.11. The number of carbonyl (C=O) groups excluding carboxylic acids is 2. The van der Waals surface area contributed by atoms with Gasteiger partial charge >= 0.3 is 0 Å². The van der Waals surface area contributed by atoms with Crippen LogP contribution in [-0.2, 0) is 6.42 Å². The number of halogens is 1. The van der Waals surface area contributed by atoms with Crippen LogP contribution in [0.4, 0.5) is 5.69 Å². The van der Waals surface area contributed by atoms with Crippen molar-refractivity contribution in [3.05, 3.63) is 81.8 Å². The molecule has 2 aliphatic heterocycles. The van der Waals surface area contributed by atoms with Crippen LogP contribution in [0.25, 0.3) is 6.08 Å². The van der Waals surface area contributed by atoms with Gasteiger partial charge in [0.05, 0.1) is 18.4 Å². The van der Waals surface area contributed by atoms with Gasteiger partial charge in [0.1, 0.15) is 5.15 Å². The third kappa shape index (κ3) is 4.40. The van der Waals surface area contributed by atoms with Crippen molar-refractivity contribution < 1.29 is 23.8 Å². The van der Waals surface area contributed by atoms with E-state index in [1.165, 1.54) is 6.20 Å². The van der Waals surface area contributed by atoms with Gasteiger partial charge in [0.2, 0.25) is 18.3 Å². The number of aromatic nitrogens is 1. The molecule has 0 saturated heterocycles. The lowest BCUT2D eigenvalue weighted by atomic mass is 10.0. The normalized spacial score (nSPS) is 14.0. The summed E-state index contributed by atoms with van der Waals surface area (Å²) in [6.45, 7) is 0.790. The molecule has 2 aromatic carbocycles. The van der Waals surface area contributed by atoms with E-state index in [1.54, 1.807) is 43.5 Å². The molecule has 0 bridgehead atoms. The van der Waals surface area contributed by atoms with E-state index in [1.807, 2.05) is 24.1 Å². The van der Waals surface area contributed by atoms with Crippen molar-refractivity contribution in [3.8, 4) is 17.2 Å². The summed E-state index contributed by atoms with van der Waals surface area (Å²) in [6.07, 6.45) is 3.97. The number of anilines is 1. The molecule has 0 fully saturated rings. The molecule has 8 nitrogen and oxygen atoms in total. The molecule has 0 atom stereocenters. The first-order valence-corrected chi connectivity index (χ1v) is 11.3. The van der Waals surface area contributed by atoms with E-state index in [2.05, 4.69) is 10.3 Å². The third-order valence-corrected chi connectivity index (χ3v) is 6.21.